The maximum Gasteiger partial charge on any atom is 0.143 e. The SMILES string of the molecule is CCC(=O)C(Cc1ccc(/C=C/c2ccc(Cl)cc2)cc1)C(=O)CC. The molecule has 0 unspecified atom stereocenters. The van der Waals surface area contributed by atoms with E-state index in [1.165, 1.54) is 0 Å². The minimum atomic E-state index is -0.509. The molecule has 0 aliphatic rings. The van der Waals surface area contributed by atoms with E-state index in [0.29, 0.717) is 19.3 Å². The number of halogens is 1. The summed E-state index contributed by atoms with van der Waals surface area (Å²) in [5.74, 6) is -0.456. The second-order valence-corrected chi connectivity index (χ2v) is 6.46. The van der Waals surface area contributed by atoms with Crippen LogP contribution in [0.5, 0.6) is 0 Å². The summed E-state index contributed by atoms with van der Waals surface area (Å²) in [6, 6.07) is 15.6. The van der Waals surface area contributed by atoms with E-state index in [2.05, 4.69) is 0 Å². The Morgan fingerprint density at radius 1 is 0.840 bits per heavy atom. The second-order valence-electron chi connectivity index (χ2n) is 6.02. The lowest BCUT2D eigenvalue weighted by molar-refractivity contribution is -0.132. The van der Waals surface area contributed by atoms with Crippen LogP contribution in [0.2, 0.25) is 5.02 Å². The summed E-state index contributed by atoms with van der Waals surface area (Å²) >= 11 is 5.88. The van der Waals surface area contributed by atoms with Crippen molar-refractivity contribution in [3.63, 3.8) is 0 Å². The lowest BCUT2D eigenvalue weighted by Gasteiger charge is -2.13. The molecule has 2 aromatic carbocycles. The van der Waals surface area contributed by atoms with E-state index in [4.69, 9.17) is 11.6 Å². The van der Waals surface area contributed by atoms with Crippen LogP contribution in [0.4, 0.5) is 0 Å². The third-order valence-corrected chi connectivity index (χ3v) is 4.48. The number of carbonyl (C=O) groups excluding carboxylic acids is 2. The summed E-state index contributed by atoms with van der Waals surface area (Å²) in [4.78, 5) is 24.1. The molecule has 0 N–H and O–H groups in total. The molecule has 0 atom stereocenters. The van der Waals surface area contributed by atoms with Gasteiger partial charge in [0.05, 0.1) is 5.92 Å². The van der Waals surface area contributed by atoms with Crippen molar-refractivity contribution >= 4 is 35.3 Å². The Bertz CT molecular complexity index is 727. The Morgan fingerprint density at radius 3 is 1.72 bits per heavy atom. The molecule has 0 amide bonds. The van der Waals surface area contributed by atoms with Crippen LogP contribution in [0, 0.1) is 5.92 Å². The summed E-state index contributed by atoms with van der Waals surface area (Å²) in [5, 5.41) is 0.722. The summed E-state index contributed by atoms with van der Waals surface area (Å²) in [6.07, 6.45) is 5.34. The minimum Gasteiger partial charge on any atom is -0.299 e. The Morgan fingerprint density at radius 2 is 1.28 bits per heavy atom. The lowest BCUT2D eigenvalue weighted by atomic mass is 9.89. The summed E-state index contributed by atoms with van der Waals surface area (Å²) in [7, 11) is 0. The van der Waals surface area contributed by atoms with Gasteiger partial charge in [-0.15, -0.1) is 0 Å². The first-order valence-electron chi connectivity index (χ1n) is 8.61. The number of rotatable bonds is 8. The molecule has 0 saturated carbocycles. The molecule has 2 aromatic rings. The average Bonchev–Trinajstić information content (AvgIpc) is 2.65. The van der Waals surface area contributed by atoms with Gasteiger partial charge in [0.1, 0.15) is 11.6 Å². The molecule has 0 bridgehead atoms. The van der Waals surface area contributed by atoms with Crippen LogP contribution in [0.25, 0.3) is 12.2 Å². The second kappa shape index (κ2) is 9.33. The molecule has 0 fully saturated rings. The molecule has 130 valence electrons. The van der Waals surface area contributed by atoms with Crippen LogP contribution in [0.3, 0.4) is 0 Å². The first-order valence-corrected chi connectivity index (χ1v) is 8.99. The predicted octanol–water partition coefficient (Wildman–Crippen LogP) is 5.63. The van der Waals surface area contributed by atoms with Crippen molar-refractivity contribution in [2.24, 2.45) is 5.92 Å². The van der Waals surface area contributed by atoms with Crippen LogP contribution in [0.15, 0.2) is 48.5 Å². The van der Waals surface area contributed by atoms with Crippen LogP contribution in [0.1, 0.15) is 43.4 Å². The molecule has 2 nitrogen and oxygen atoms in total. The molecule has 0 aliphatic carbocycles. The maximum atomic E-state index is 12.0. The largest absolute Gasteiger partial charge is 0.299 e. The van der Waals surface area contributed by atoms with Gasteiger partial charge in [0.25, 0.3) is 0 Å². The van der Waals surface area contributed by atoms with E-state index >= 15 is 0 Å². The average molecular weight is 355 g/mol. The highest BCUT2D eigenvalue weighted by molar-refractivity contribution is 6.30. The summed E-state index contributed by atoms with van der Waals surface area (Å²) < 4.78 is 0. The zero-order valence-corrected chi connectivity index (χ0v) is 15.4. The van der Waals surface area contributed by atoms with Crippen molar-refractivity contribution in [1.82, 2.24) is 0 Å². The number of hydrogen-bond acceptors (Lipinski definition) is 2. The Hall–Kier alpha value is -2.19. The number of benzene rings is 2. The molecule has 0 saturated heterocycles. The number of hydrogen-bond donors (Lipinski definition) is 0. The highest BCUT2D eigenvalue weighted by Crippen LogP contribution is 2.17. The smallest absolute Gasteiger partial charge is 0.143 e. The minimum absolute atomic E-state index is 0.0264. The molecular formula is C22H23ClO2. The first-order chi connectivity index (χ1) is 12.0. The van der Waals surface area contributed by atoms with Gasteiger partial charge in [-0.3, -0.25) is 9.59 Å². The molecule has 3 heteroatoms. The molecule has 0 spiro atoms. The molecule has 0 aromatic heterocycles. The fourth-order valence-electron chi connectivity index (χ4n) is 2.67. The first kappa shape index (κ1) is 19.1. The monoisotopic (exact) mass is 354 g/mol. The van der Waals surface area contributed by atoms with Crippen LogP contribution in [-0.4, -0.2) is 11.6 Å². The fourth-order valence-corrected chi connectivity index (χ4v) is 2.79. The van der Waals surface area contributed by atoms with Crippen LogP contribution in [-0.2, 0) is 16.0 Å². The van der Waals surface area contributed by atoms with Crippen LogP contribution >= 0.6 is 11.6 Å². The Kier molecular flexibility index (Phi) is 7.15. The highest BCUT2D eigenvalue weighted by Gasteiger charge is 2.23. The van der Waals surface area contributed by atoms with Crippen molar-refractivity contribution in [1.29, 1.82) is 0 Å². The van der Waals surface area contributed by atoms with Gasteiger partial charge in [0.15, 0.2) is 0 Å². The Labute approximate surface area is 154 Å². The van der Waals surface area contributed by atoms with Crippen molar-refractivity contribution in [2.45, 2.75) is 33.1 Å². The fraction of sp³-hybridized carbons (Fsp3) is 0.273. The van der Waals surface area contributed by atoms with Gasteiger partial charge in [-0.2, -0.15) is 0 Å². The maximum absolute atomic E-state index is 12.0. The van der Waals surface area contributed by atoms with Gasteiger partial charge in [-0.05, 0) is 35.2 Å². The van der Waals surface area contributed by atoms with E-state index in [0.717, 1.165) is 21.7 Å². The molecule has 0 heterocycles. The topological polar surface area (TPSA) is 34.1 Å². The van der Waals surface area contributed by atoms with E-state index in [1.54, 1.807) is 0 Å². The van der Waals surface area contributed by atoms with E-state index in [-0.39, 0.29) is 11.6 Å². The summed E-state index contributed by atoms with van der Waals surface area (Å²) in [5.41, 5.74) is 3.16. The van der Waals surface area contributed by atoms with Crippen molar-refractivity contribution < 1.29 is 9.59 Å². The van der Waals surface area contributed by atoms with Crippen molar-refractivity contribution in [3.8, 4) is 0 Å². The third kappa shape index (κ3) is 5.68. The molecular weight excluding hydrogens is 332 g/mol. The quantitative estimate of drug-likeness (QED) is 0.455. The van der Waals surface area contributed by atoms with Gasteiger partial charge < -0.3 is 0 Å². The number of Topliss-reactive ketones (excluding diaryl/α,β-unsaturated/α-hetero) is 2. The van der Waals surface area contributed by atoms with E-state index < -0.39 is 5.92 Å². The molecule has 25 heavy (non-hydrogen) atoms. The van der Waals surface area contributed by atoms with Gasteiger partial charge in [-0.25, -0.2) is 0 Å². The highest BCUT2D eigenvalue weighted by atomic mass is 35.5. The van der Waals surface area contributed by atoms with Crippen molar-refractivity contribution in [3.05, 3.63) is 70.2 Å². The van der Waals surface area contributed by atoms with E-state index in [9.17, 15) is 9.59 Å². The van der Waals surface area contributed by atoms with Gasteiger partial charge in [0, 0.05) is 17.9 Å². The number of carbonyl (C=O) groups is 2. The summed E-state index contributed by atoms with van der Waals surface area (Å²) in [6.45, 7) is 3.62. The number of ketones is 2. The van der Waals surface area contributed by atoms with Gasteiger partial charge in [0.2, 0.25) is 0 Å². The normalized spacial score (nSPS) is 11.2. The zero-order valence-electron chi connectivity index (χ0n) is 14.7. The molecule has 0 radical (unpaired) electrons. The van der Waals surface area contributed by atoms with Crippen LogP contribution < -0.4 is 0 Å². The van der Waals surface area contributed by atoms with Crippen molar-refractivity contribution in [2.75, 3.05) is 0 Å². The van der Waals surface area contributed by atoms with E-state index in [1.807, 2.05) is 74.5 Å². The molecule has 2 rings (SSSR count). The van der Waals surface area contributed by atoms with Gasteiger partial charge in [-0.1, -0.05) is 74.0 Å². The Balaban J connectivity index is 2.06. The third-order valence-electron chi connectivity index (χ3n) is 4.23. The molecule has 0 aliphatic heterocycles. The van der Waals surface area contributed by atoms with Gasteiger partial charge >= 0.3 is 0 Å². The standard InChI is InChI=1S/C22H23ClO2/c1-3-21(24)20(22(25)4-2)15-18-9-7-16(8-10-18)5-6-17-11-13-19(23)14-12-17/h5-14,20H,3-4,15H2,1-2H3/b6-5+. The predicted molar refractivity (Wildman–Crippen MR) is 105 cm³/mol. The lowest BCUT2D eigenvalue weighted by Crippen LogP contribution is -2.25. The zero-order chi connectivity index (χ0) is 18.2.